The second-order valence-electron chi connectivity index (χ2n) is 8.36. The molecule has 3 heterocycles. The normalized spacial score (nSPS) is 21.5. The van der Waals surface area contributed by atoms with Gasteiger partial charge >= 0.3 is 6.03 Å². The second-order valence-corrected chi connectivity index (χ2v) is 9.09. The van der Waals surface area contributed by atoms with E-state index in [-0.39, 0.29) is 11.9 Å². The molecule has 152 valence electrons. The number of carbonyl (C=O) groups is 2. The highest BCUT2D eigenvalue weighted by molar-refractivity contribution is 7.09. The fourth-order valence-corrected chi connectivity index (χ4v) is 5.18. The Labute approximate surface area is 174 Å². The van der Waals surface area contributed by atoms with Crippen molar-refractivity contribution in [2.45, 2.75) is 44.7 Å². The van der Waals surface area contributed by atoms with Gasteiger partial charge in [-0.3, -0.25) is 9.69 Å². The molecule has 29 heavy (non-hydrogen) atoms. The van der Waals surface area contributed by atoms with Crippen molar-refractivity contribution >= 4 is 28.6 Å². The molecule has 3 aliphatic rings. The number of piperidine rings is 1. The quantitative estimate of drug-likeness (QED) is 0.708. The van der Waals surface area contributed by atoms with Crippen LogP contribution in [0.1, 0.15) is 37.1 Å². The highest BCUT2D eigenvalue weighted by Crippen LogP contribution is 2.41. The molecule has 2 aromatic rings. The number of amides is 3. The van der Waals surface area contributed by atoms with E-state index in [9.17, 15) is 9.59 Å². The highest BCUT2D eigenvalue weighted by Gasteiger charge is 2.58. The Hall–Kier alpha value is -2.48. The minimum absolute atomic E-state index is 0.00146. The molecule has 7 nitrogen and oxygen atoms in total. The maximum absolute atomic E-state index is 13.5. The molecule has 0 unspecified atom stereocenters. The summed E-state index contributed by atoms with van der Waals surface area (Å²) < 4.78 is 4.28. The molecular formula is C21H25N5O2S. The third kappa shape index (κ3) is 3.29. The van der Waals surface area contributed by atoms with Gasteiger partial charge in [-0.25, -0.2) is 9.78 Å². The maximum atomic E-state index is 13.5. The first-order chi connectivity index (χ1) is 14.1. The summed E-state index contributed by atoms with van der Waals surface area (Å²) >= 11 is 1.40. The SMILES string of the molecule is Cc1nsc(N2CCC3(CC2)C(=O)N(CC2CC2)C(=O)N3Cc2ccccc2)n1. The second kappa shape index (κ2) is 7.09. The van der Waals surface area contributed by atoms with Crippen molar-refractivity contribution in [2.24, 2.45) is 5.92 Å². The van der Waals surface area contributed by atoms with Crippen LogP contribution in [0, 0.1) is 12.8 Å². The molecule has 2 aliphatic heterocycles. The molecule has 1 aliphatic carbocycles. The third-order valence-electron chi connectivity index (χ3n) is 6.32. The lowest BCUT2D eigenvalue weighted by atomic mass is 9.85. The molecule has 1 saturated carbocycles. The number of benzene rings is 1. The van der Waals surface area contributed by atoms with Gasteiger partial charge in [0.1, 0.15) is 11.4 Å². The Morgan fingerprint density at radius 3 is 2.48 bits per heavy atom. The zero-order valence-electron chi connectivity index (χ0n) is 16.6. The molecule has 8 heteroatoms. The molecule has 1 spiro atoms. The molecule has 2 saturated heterocycles. The standard InChI is InChI=1S/C21H25N5O2S/c1-15-22-19(29-23-15)24-11-9-21(10-12-24)18(27)25(13-17-7-8-17)20(28)26(21)14-16-5-3-2-4-6-16/h2-6,17H,7-14H2,1H3. The molecule has 0 radical (unpaired) electrons. The fourth-order valence-electron chi connectivity index (χ4n) is 4.45. The van der Waals surface area contributed by atoms with Crippen molar-refractivity contribution < 1.29 is 9.59 Å². The van der Waals surface area contributed by atoms with Crippen LogP contribution >= 0.6 is 11.5 Å². The lowest BCUT2D eigenvalue weighted by Crippen LogP contribution is -2.56. The molecule has 0 N–H and O–H groups in total. The fraction of sp³-hybridized carbons (Fsp3) is 0.524. The van der Waals surface area contributed by atoms with E-state index in [0.29, 0.717) is 44.9 Å². The molecule has 3 amide bonds. The number of nitrogens with zero attached hydrogens (tertiary/aromatic N) is 5. The maximum Gasteiger partial charge on any atom is 0.327 e. The van der Waals surface area contributed by atoms with E-state index in [1.807, 2.05) is 42.2 Å². The Morgan fingerprint density at radius 1 is 1.14 bits per heavy atom. The molecule has 1 aromatic heterocycles. The number of anilines is 1. The topological polar surface area (TPSA) is 69.6 Å². The van der Waals surface area contributed by atoms with Crippen LogP contribution in [0.4, 0.5) is 9.93 Å². The summed E-state index contributed by atoms with van der Waals surface area (Å²) in [4.78, 5) is 36.9. The van der Waals surface area contributed by atoms with Gasteiger partial charge in [-0.1, -0.05) is 30.3 Å². The summed E-state index contributed by atoms with van der Waals surface area (Å²) in [5.41, 5.74) is 0.321. The number of aromatic nitrogens is 2. The first kappa shape index (κ1) is 18.5. The van der Waals surface area contributed by atoms with Gasteiger partial charge in [-0.15, -0.1) is 0 Å². The monoisotopic (exact) mass is 411 g/mol. The van der Waals surface area contributed by atoms with Crippen LogP contribution in [0.3, 0.4) is 0 Å². The van der Waals surface area contributed by atoms with E-state index >= 15 is 0 Å². The number of urea groups is 1. The van der Waals surface area contributed by atoms with Gasteiger partial charge < -0.3 is 9.80 Å². The van der Waals surface area contributed by atoms with E-state index in [1.54, 1.807) is 0 Å². The lowest BCUT2D eigenvalue weighted by molar-refractivity contribution is -0.134. The average molecular weight is 412 g/mol. The predicted molar refractivity (Wildman–Crippen MR) is 111 cm³/mol. The summed E-state index contributed by atoms with van der Waals surface area (Å²) in [7, 11) is 0. The molecule has 5 rings (SSSR count). The Morgan fingerprint density at radius 2 is 1.86 bits per heavy atom. The van der Waals surface area contributed by atoms with Gasteiger partial charge in [0, 0.05) is 37.7 Å². The van der Waals surface area contributed by atoms with E-state index in [1.165, 1.54) is 16.4 Å². The van der Waals surface area contributed by atoms with Crippen molar-refractivity contribution in [1.82, 2.24) is 19.2 Å². The minimum Gasteiger partial charge on any atom is -0.347 e. The lowest BCUT2D eigenvalue weighted by Gasteiger charge is -2.42. The zero-order valence-corrected chi connectivity index (χ0v) is 17.4. The van der Waals surface area contributed by atoms with Crippen LogP contribution in [0.15, 0.2) is 30.3 Å². The summed E-state index contributed by atoms with van der Waals surface area (Å²) in [6.07, 6.45) is 3.49. The van der Waals surface area contributed by atoms with Crippen molar-refractivity contribution in [3.63, 3.8) is 0 Å². The molecular weight excluding hydrogens is 386 g/mol. The molecule has 1 aromatic carbocycles. The van der Waals surface area contributed by atoms with Gasteiger partial charge in [0.15, 0.2) is 0 Å². The zero-order chi connectivity index (χ0) is 20.0. The van der Waals surface area contributed by atoms with Crippen LogP contribution in [0.5, 0.6) is 0 Å². The van der Waals surface area contributed by atoms with Crippen LogP contribution < -0.4 is 4.90 Å². The first-order valence-corrected chi connectivity index (χ1v) is 11.1. The van der Waals surface area contributed by atoms with Gasteiger partial charge in [-0.05, 0) is 44.1 Å². The Balaban J connectivity index is 1.41. The summed E-state index contributed by atoms with van der Waals surface area (Å²) in [6.45, 7) is 4.35. The van der Waals surface area contributed by atoms with E-state index in [0.717, 1.165) is 29.4 Å². The van der Waals surface area contributed by atoms with Crippen molar-refractivity contribution in [1.29, 1.82) is 0 Å². The van der Waals surface area contributed by atoms with Crippen LogP contribution in [-0.2, 0) is 11.3 Å². The van der Waals surface area contributed by atoms with E-state index in [2.05, 4.69) is 14.3 Å². The Bertz CT molecular complexity index is 918. The smallest absolute Gasteiger partial charge is 0.327 e. The van der Waals surface area contributed by atoms with Gasteiger partial charge in [0.25, 0.3) is 5.91 Å². The molecule has 0 bridgehead atoms. The number of hydrogen-bond acceptors (Lipinski definition) is 6. The number of aryl methyl sites for hydroxylation is 1. The highest BCUT2D eigenvalue weighted by atomic mass is 32.1. The minimum atomic E-state index is -0.738. The van der Waals surface area contributed by atoms with Crippen LogP contribution in [-0.4, -0.2) is 56.3 Å². The van der Waals surface area contributed by atoms with Gasteiger partial charge in [0.2, 0.25) is 5.13 Å². The molecule has 0 atom stereocenters. The summed E-state index contributed by atoms with van der Waals surface area (Å²) in [6, 6.07) is 9.85. The largest absolute Gasteiger partial charge is 0.347 e. The predicted octanol–water partition coefficient (Wildman–Crippen LogP) is 3.06. The number of rotatable bonds is 5. The third-order valence-corrected chi connectivity index (χ3v) is 7.19. The number of carbonyl (C=O) groups excluding carboxylic acids is 2. The van der Waals surface area contributed by atoms with E-state index in [4.69, 9.17) is 0 Å². The Kier molecular flexibility index (Phi) is 4.53. The van der Waals surface area contributed by atoms with Crippen molar-refractivity contribution in [3.8, 4) is 0 Å². The van der Waals surface area contributed by atoms with Crippen LogP contribution in [0.25, 0.3) is 0 Å². The van der Waals surface area contributed by atoms with Crippen molar-refractivity contribution in [3.05, 3.63) is 41.7 Å². The van der Waals surface area contributed by atoms with E-state index < -0.39 is 5.54 Å². The number of hydrogen-bond donors (Lipinski definition) is 0. The van der Waals surface area contributed by atoms with Crippen molar-refractivity contribution in [2.75, 3.05) is 24.5 Å². The van der Waals surface area contributed by atoms with Gasteiger partial charge in [-0.2, -0.15) is 4.37 Å². The number of imide groups is 1. The summed E-state index contributed by atoms with van der Waals surface area (Å²) in [5.74, 6) is 1.26. The van der Waals surface area contributed by atoms with Gasteiger partial charge in [0.05, 0.1) is 0 Å². The van der Waals surface area contributed by atoms with Crippen LogP contribution in [0.2, 0.25) is 0 Å². The average Bonchev–Trinajstić information content (AvgIpc) is 3.44. The summed E-state index contributed by atoms with van der Waals surface area (Å²) in [5, 5.41) is 0.901. The first-order valence-electron chi connectivity index (χ1n) is 10.3. The molecule has 3 fully saturated rings.